The predicted molar refractivity (Wildman–Crippen MR) is 105 cm³/mol. The van der Waals surface area contributed by atoms with Gasteiger partial charge in [0.15, 0.2) is 0 Å². The molecule has 0 saturated heterocycles. The van der Waals surface area contributed by atoms with E-state index in [9.17, 15) is 9.90 Å². The van der Waals surface area contributed by atoms with Crippen LogP contribution in [0.1, 0.15) is 37.5 Å². The number of aromatic hydroxyl groups is 1. The van der Waals surface area contributed by atoms with E-state index in [4.69, 9.17) is 4.74 Å². The Kier molecular flexibility index (Phi) is 6.28. The van der Waals surface area contributed by atoms with Crippen LogP contribution in [0.4, 0.5) is 16.2 Å². The maximum absolute atomic E-state index is 11.6. The van der Waals surface area contributed by atoms with Crippen LogP contribution in [-0.2, 0) is 4.74 Å². The van der Waals surface area contributed by atoms with Crippen LogP contribution in [0.25, 0.3) is 0 Å². The molecule has 142 valence electrons. The van der Waals surface area contributed by atoms with Gasteiger partial charge in [0, 0.05) is 5.56 Å². The summed E-state index contributed by atoms with van der Waals surface area (Å²) in [6, 6.07) is 10.6. The third kappa shape index (κ3) is 6.54. The van der Waals surface area contributed by atoms with Crippen LogP contribution >= 0.6 is 0 Å². The minimum Gasteiger partial charge on any atom is -0.507 e. The number of hydrogen-bond acceptors (Lipinski definition) is 6. The number of hydrogen-bond donors (Lipinski definition) is 2. The molecule has 0 spiro atoms. The Morgan fingerprint density at radius 1 is 1.04 bits per heavy atom. The highest BCUT2D eigenvalue weighted by Gasteiger charge is 2.15. The fourth-order valence-corrected chi connectivity index (χ4v) is 2.07. The van der Waals surface area contributed by atoms with E-state index in [1.54, 1.807) is 32.9 Å². The molecule has 2 aromatic carbocycles. The quantitative estimate of drug-likeness (QED) is 0.436. The standard InChI is InChI=1S/C20H24N4O3/c1-13-6-7-16(10-14(13)2)22-23-17-8-9-18(25)15(11-17)12-21-24-19(26)27-20(3,4)5/h6-12,25H,1-5H3,(H,24,26). The van der Waals surface area contributed by atoms with Crippen LogP contribution in [0.15, 0.2) is 51.7 Å². The van der Waals surface area contributed by atoms with Crippen LogP contribution in [0.3, 0.4) is 0 Å². The highest BCUT2D eigenvalue weighted by Crippen LogP contribution is 2.25. The first-order valence-electron chi connectivity index (χ1n) is 8.48. The molecule has 2 rings (SSSR count). The first kappa shape index (κ1) is 20.1. The Bertz CT molecular complexity index is 883. The van der Waals surface area contributed by atoms with Crippen molar-refractivity contribution in [3.05, 3.63) is 53.1 Å². The van der Waals surface area contributed by atoms with Crippen LogP contribution in [0.2, 0.25) is 0 Å². The minimum atomic E-state index is -0.677. The van der Waals surface area contributed by atoms with Gasteiger partial charge >= 0.3 is 6.09 Å². The Balaban J connectivity index is 2.09. The normalized spacial score (nSPS) is 11.9. The first-order chi connectivity index (χ1) is 12.6. The number of nitrogens with one attached hydrogen (secondary N) is 1. The number of phenolic OH excluding ortho intramolecular Hbond substituents is 1. The lowest BCUT2D eigenvalue weighted by molar-refractivity contribution is 0.0529. The number of carbonyl (C=O) groups excluding carboxylic acids is 1. The molecule has 2 N–H and O–H groups in total. The van der Waals surface area contributed by atoms with Gasteiger partial charge in [0.2, 0.25) is 0 Å². The van der Waals surface area contributed by atoms with Gasteiger partial charge in [-0.15, -0.1) is 0 Å². The number of benzene rings is 2. The molecule has 7 heteroatoms. The van der Waals surface area contributed by atoms with Crippen molar-refractivity contribution >= 4 is 23.7 Å². The fraction of sp³-hybridized carbons (Fsp3) is 0.300. The van der Waals surface area contributed by atoms with Crippen molar-refractivity contribution in [1.29, 1.82) is 0 Å². The second kappa shape index (κ2) is 8.44. The molecule has 0 aromatic heterocycles. The highest BCUT2D eigenvalue weighted by atomic mass is 16.6. The second-order valence-electron chi connectivity index (χ2n) is 7.08. The van der Waals surface area contributed by atoms with Crippen LogP contribution in [0.5, 0.6) is 5.75 Å². The molecule has 27 heavy (non-hydrogen) atoms. The third-order valence-corrected chi connectivity index (χ3v) is 3.54. The first-order valence-corrected chi connectivity index (χ1v) is 8.48. The summed E-state index contributed by atoms with van der Waals surface area (Å²) in [4.78, 5) is 11.6. The molecular weight excluding hydrogens is 344 g/mol. The topological polar surface area (TPSA) is 95.6 Å². The molecule has 0 unspecified atom stereocenters. The van der Waals surface area contributed by atoms with Gasteiger partial charge < -0.3 is 9.84 Å². The van der Waals surface area contributed by atoms with Gasteiger partial charge in [-0.1, -0.05) is 6.07 Å². The number of carbonyl (C=O) groups is 1. The van der Waals surface area contributed by atoms with Gasteiger partial charge in [-0.25, -0.2) is 10.2 Å². The molecule has 0 saturated carbocycles. The fourth-order valence-electron chi connectivity index (χ4n) is 2.07. The Hall–Kier alpha value is -3.22. The number of aryl methyl sites for hydroxylation is 2. The Morgan fingerprint density at radius 2 is 1.67 bits per heavy atom. The van der Waals surface area contributed by atoms with E-state index in [-0.39, 0.29) is 5.75 Å². The molecular formula is C20H24N4O3. The number of hydrazone groups is 1. The average Bonchev–Trinajstić information content (AvgIpc) is 2.56. The Morgan fingerprint density at radius 3 is 2.30 bits per heavy atom. The van der Waals surface area contributed by atoms with Gasteiger partial charge in [0.05, 0.1) is 17.6 Å². The third-order valence-electron chi connectivity index (χ3n) is 3.54. The molecule has 0 aliphatic heterocycles. The maximum atomic E-state index is 11.6. The highest BCUT2D eigenvalue weighted by molar-refractivity contribution is 5.85. The van der Waals surface area contributed by atoms with Crippen LogP contribution in [-0.4, -0.2) is 23.0 Å². The number of amides is 1. The molecule has 0 aliphatic rings. The van der Waals surface area contributed by atoms with E-state index in [2.05, 4.69) is 20.8 Å². The molecule has 0 atom stereocenters. The van der Waals surface area contributed by atoms with Crippen molar-refractivity contribution in [1.82, 2.24) is 5.43 Å². The molecule has 7 nitrogen and oxygen atoms in total. The van der Waals surface area contributed by atoms with Crippen molar-refractivity contribution in [2.45, 2.75) is 40.2 Å². The lowest BCUT2D eigenvalue weighted by Gasteiger charge is -2.18. The smallest absolute Gasteiger partial charge is 0.428 e. The van der Waals surface area contributed by atoms with Crippen molar-refractivity contribution < 1.29 is 14.6 Å². The number of azo groups is 1. The zero-order valence-electron chi connectivity index (χ0n) is 16.1. The summed E-state index contributed by atoms with van der Waals surface area (Å²) in [5, 5.41) is 22.1. The zero-order valence-corrected chi connectivity index (χ0v) is 16.1. The maximum Gasteiger partial charge on any atom is 0.428 e. The largest absolute Gasteiger partial charge is 0.507 e. The van der Waals surface area contributed by atoms with E-state index in [0.717, 1.165) is 11.3 Å². The molecule has 0 fully saturated rings. The summed E-state index contributed by atoms with van der Waals surface area (Å²) in [6.07, 6.45) is 0.637. The number of phenols is 1. The van der Waals surface area contributed by atoms with Crippen molar-refractivity contribution in [2.24, 2.45) is 15.3 Å². The summed E-state index contributed by atoms with van der Waals surface area (Å²) in [6.45, 7) is 9.32. The molecule has 0 radical (unpaired) electrons. The van der Waals surface area contributed by atoms with Crippen molar-refractivity contribution in [3.8, 4) is 5.75 Å². The van der Waals surface area contributed by atoms with Gasteiger partial charge in [0.25, 0.3) is 0 Å². The molecule has 2 aromatic rings. The monoisotopic (exact) mass is 368 g/mol. The van der Waals surface area contributed by atoms with E-state index in [0.29, 0.717) is 11.3 Å². The summed E-state index contributed by atoms with van der Waals surface area (Å²) in [7, 11) is 0. The van der Waals surface area contributed by atoms with Crippen LogP contribution < -0.4 is 5.43 Å². The number of rotatable bonds is 4. The summed E-state index contributed by atoms with van der Waals surface area (Å²) >= 11 is 0. The van der Waals surface area contributed by atoms with E-state index in [1.807, 2.05) is 32.0 Å². The lowest BCUT2D eigenvalue weighted by atomic mass is 10.1. The summed E-state index contributed by atoms with van der Waals surface area (Å²) in [5.41, 5.74) is 5.64. The SMILES string of the molecule is Cc1ccc(N=Nc2ccc(O)c(C=NNC(=O)OC(C)(C)C)c2)cc1C. The van der Waals surface area contributed by atoms with Gasteiger partial charge in [-0.05, 0) is 76.1 Å². The molecule has 0 aliphatic carbocycles. The second-order valence-corrected chi connectivity index (χ2v) is 7.08. The minimum absolute atomic E-state index is 0.00914. The van der Waals surface area contributed by atoms with Crippen molar-refractivity contribution in [3.63, 3.8) is 0 Å². The number of nitrogens with zero attached hydrogens (tertiary/aromatic N) is 3. The number of ether oxygens (including phenoxy) is 1. The van der Waals surface area contributed by atoms with Crippen LogP contribution in [0, 0.1) is 13.8 Å². The van der Waals surface area contributed by atoms with Crippen molar-refractivity contribution in [2.75, 3.05) is 0 Å². The van der Waals surface area contributed by atoms with E-state index in [1.165, 1.54) is 17.8 Å². The molecule has 0 heterocycles. The molecule has 1 amide bonds. The predicted octanol–water partition coefficient (Wildman–Crippen LogP) is 5.28. The van der Waals surface area contributed by atoms with Gasteiger partial charge in [-0.3, -0.25) is 0 Å². The van der Waals surface area contributed by atoms with E-state index >= 15 is 0 Å². The molecule has 0 bridgehead atoms. The lowest BCUT2D eigenvalue weighted by Crippen LogP contribution is -2.29. The average molecular weight is 368 g/mol. The summed E-state index contributed by atoms with van der Waals surface area (Å²) in [5.74, 6) is 0.00914. The zero-order chi connectivity index (χ0) is 20.0. The van der Waals surface area contributed by atoms with Gasteiger partial charge in [0.1, 0.15) is 11.4 Å². The Labute approximate surface area is 158 Å². The van der Waals surface area contributed by atoms with Gasteiger partial charge in [-0.2, -0.15) is 15.3 Å². The summed E-state index contributed by atoms with van der Waals surface area (Å²) < 4.78 is 5.08. The van der Waals surface area contributed by atoms with E-state index < -0.39 is 11.7 Å².